The van der Waals surface area contributed by atoms with Crippen LogP contribution in [-0.4, -0.2) is 105 Å². The molecule has 0 radical (unpaired) electrons. The van der Waals surface area contributed by atoms with E-state index in [1.165, 1.54) is 55.6 Å². The molecule has 1 aliphatic rings. The van der Waals surface area contributed by atoms with E-state index in [0.29, 0.717) is 44.6 Å². The van der Waals surface area contributed by atoms with Gasteiger partial charge in [0, 0.05) is 52.8 Å². The summed E-state index contributed by atoms with van der Waals surface area (Å²) in [7, 11) is -2.64. The van der Waals surface area contributed by atoms with Gasteiger partial charge in [-0.3, -0.25) is 19.2 Å². The molecule has 4 aromatic carbocycles. The van der Waals surface area contributed by atoms with Crippen molar-refractivity contribution < 1.29 is 52.8 Å². The molecular formula is C68H97NO11S2Si2. The molecule has 0 unspecified atom stereocenters. The number of fused-ring (bicyclic) bond motifs is 4. The maximum absolute atomic E-state index is 14.2. The predicted octanol–water partition coefficient (Wildman–Crippen LogP) is 16.2. The van der Waals surface area contributed by atoms with Crippen LogP contribution in [0.4, 0.5) is 4.79 Å². The molecule has 84 heavy (non-hydrogen) atoms. The van der Waals surface area contributed by atoms with Crippen LogP contribution in [0.3, 0.4) is 0 Å². The van der Waals surface area contributed by atoms with Crippen LogP contribution in [-0.2, 0) is 49.3 Å². The van der Waals surface area contributed by atoms with Gasteiger partial charge in [0.25, 0.3) is 0 Å². The summed E-state index contributed by atoms with van der Waals surface area (Å²) in [5.74, 6) is -0.367. The van der Waals surface area contributed by atoms with E-state index in [9.17, 15) is 33.9 Å². The Hall–Kier alpha value is -5.27. The largest absolute Gasteiger partial charge is 0.466 e. The van der Waals surface area contributed by atoms with Gasteiger partial charge in [0.1, 0.15) is 18.8 Å². The van der Waals surface area contributed by atoms with E-state index >= 15 is 0 Å². The number of unbranched alkanes of at least 4 members (excludes halogenated alkanes) is 8. The molecule has 2 N–H and O–H groups in total. The Labute approximate surface area is 512 Å². The molecule has 5 rings (SSSR count). The third kappa shape index (κ3) is 29.2. The van der Waals surface area contributed by atoms with E-state index in [-0.39, 0.29) is 48.0 Å². The van der Waals surface area contributed by atoms with E-state index in [4.69, 9.17) is 18.9 Å². The number of rotatable bonds is 37. The van der Waals surface area contributed by atoms with E-state index in [1.54, 1.807) is 12.2 Å². The van der Waals surface area contributed by atoms with Crippen molar-refractivity contribution in [2.24, 2.45) is 0 Å². The molecule has 1 aliphatic carbocycles. The van der Waals surface area contributed by atoms with Gasteiger partial charge >= 0.3 is 24.0 Å². The second kappa shape index (κ2) is 39.4. The van der Waals surface area contributed by atoms with Crippen LogP contribution >= 0.6 is 23.5 Å². The number of aliphatic hydroxyl groups is 1. The number of hydrogen-bond acceptors (Lipinski definition) is 13. The van der Waals surface area contributed by atoms with Crippen molar-refractivity contribution in [3.63, 3.8) is 0 Å². The summed E-state index contributed by atoms with van der Waals surface area (Å²) < 4.78 is 22.7. The van der Waals surface area contributed by atoms with Crippen molar-refractivity contribution in [1.82, 2.24) is 5.32 Å². The SMILES string of the molecule is CCCCCCCC(=O)SCC/C=C/[C@@H](O)CC(=O)OCC[Si](C)(C)C.CCCCCCCC(=O)SCC/C=C/[C@H](CC(=O)OCC[Si](C)(C)C)OC(=O)[C@H](Cc1cccc2ccccc12)NC(=O)OCC1c2ccccc2-c2ccccc21. The van der Waals surface area contributed by atoms with Crippen molar-refractivity contribution in [3.8, 4) is 11.1 Å². The standard InChI is InChI=1S/C48H59NO7SSi.C20H38O4SSi/c1-5-6-7-8-9-28-46(51)57-30-17-16-22-37(33-45(50)54-29-31-58(2,3)4)56-47(52)44(32-36-21-18-20-35-19-10-11-23-38(35)36)49-48(53)55-34-43-41-26-14-12-24-39(41)40-25-13-15-27-42(40)43;1-5-6-7-8-9-13-20(23)25-15-11-10-12-18(21)17-19(22)24-14-16-26(2,3)4/h10-16,18-27,37,43-44H,5-9,17,28-34H2,1-4H3,(H,49,53);10,12,18,21H,5-9,11,13-17H2,1-4H3/b22-16+;12-10+/t37-,44+;18-/m11/s1. The van der Waals surface area contributed by atoms with Crippen LogP contribution in [0.5, 0.6) is 0 Å². The quantitative estimate of drug-likeness (QED) is 0.0144. The van der Waals surface area contributed by atoms with E-state index in [2.05, 4.69) is 82.7 Å². The Morgan fingerprint density at radius 1 is 0.595 bits per heavy atom. The minimum absolute atomic E-state index is 0.00790. The first-order valence-electron chi connectivity index (χ1n) is 30.7. The molecule has 0 fully saturated rings. The summed E-state index contributed by atoms with van der Waals surface area (Å²) in [6, 6.07) is 30.6. The molecule has 1 amide bonds. The first kappa shape index (κ1) is 71.2. The van der Waals surface area contributed by atoms with Gasteiger partial charge in [-0.25, -0.2) is 9.59 Å². The highest BCUT2D eigenvalue weighted by atomic mass is 32.2. The summed E-state index contributed by atoms with van der Waals surface area (Å²) in [6.07, 6.45) is 18.2. The maximum atomic E-state index is 14.2. The van der Waals surface area contributed by atoms with Gasteiger partial charge in [-0.05, 0) is 82.4 Å². The lowest BCUT2D eigenvalue weighted by Crippen LogP contribution is -2.45. The number of ether oxygens (including phenoxy) is 4. The molecule has 12 nitrogen and oxygen atoms in total. The minimum atomic E-state index is -1.44. The molecule has 460 valence electrons. The summed E-state index contributed by atoms with van der Waals surface area (Å²) in [6.45, 7) is 18.5. The van der Waals surface area contributed by atoms with Crippen LogP contribution in [0.2, 0.25) is 51.4 Å². The number of nitrogens with one attached hydrogen (secondary N) is 1. The normalized spacial score (nSPS) is 13.3. The van der Waals surface area contributed by atoms with Gasteiger partial charge in [0.2, 0.25) is 0 Å². The predicted molar refractivity (Wildman–Crippen MR) is 352 cm³/mol. The summed E-state index contributed by atoms with van der Waals surface area (Å²) in [4.78, 5) is 76.6. The number of hydrogen-bond donors (Lipinski definition) is 2. The van der Waals surface area contributed by atoms with Crippen LogP contribution < -0.4 is 5.32 Å². The molecule has 4 aromatic rings. The van der Waals surface area contributed by atoms with E-state index in [0.717, 1.165) is 88.5 Å². The topological polar surface area (TPSA) is 172 Å². The highest BCUT2D eigenvalue weighted by Gasteiger charge is 2.32. The lowest BCUT2D eigenvalue weighted by Gasteiger charge is -2.22. The highest BCUT2D eigenvalue weighted by molar-refractivity contribution is 8.13. The number of carbonyl (C=O) groups excluding carboxylic acids is 6. The number of allylic oxidation sites excluding steroid dienone is 2. The van der Waals surface area contributed by atoms with Crippen LogP contribution in [0, 0.1) is 0 Å². The summed E-state index contributed by atoms with van der Waals surface area (Å²) in [5.41, 5.74) is 5.25. The lowest BCUT2D eigenvalue weighted by atomic mass is 9.98. The number of aliphatic hydroxyl groups excluding tert-OH is 1. The summed E-state index contributed by atoms with van der Waals surface area (Å²) in [5, 5.41) is 15.0. The van der Waals surface area contributed by atoms with Crippen molar-refractivity contribution in [1.29, 1.82) is 0 Å². The molecule has 3 atom stereocenters. The van der Waals surface area contributed by atoms with Gasteiger partial charge in [0.05, 0.1) is 32.2 Å². The molecular weight excluding hydrogens is 1130 g/mol. The Bertz CT molecular complexity index is 2670. The first-order chi connectivity index (χ1) is 40.3. The van der Waals surface area contributed by atoms with Crippen LogP contribution in [0.25, 0.3) is 21.9 Å². The Morgan fingerprint density at radius 3 is 1.65 bits per heavy atom. The zero-order valence-corrected chi connectivity index (χ0v) is 55.2. The lowest BCUT2D eigenvalue weighted by molar-refractivity contribution is -0.154. The zero-order chi connectivity index (χ0) is 61.2. The number of alkyl carbamates (subject to hydrolysis) is 1. The number of carbonyl (C=O) groups is 6. The first-order valence-corrected chi connectivity index (χ1v) is 40.1. The smallest absolute Gasteiger partial charge is 0.407 e. The second-order valence-electron chi connectivity index (χ2n) is 24.1. The maximum Gasteiger partial charge on any atom is 0.407 e. The van der Waals surface area contributed by atoms with Crippen molar-refractivity contribution >= 4 is 84.7 Å². The average Bonchev–Trinajstić information content (AvgIpc) is 2.15. The average molecular weight is 1220 g/mol. The Morgan fingerprint density at radius 2 is 1.10 bits per heavy atom. The van der Waals surface area contributed by atoms with Crippen molar-refractivity contribution in [2.75, 3.05) is 31.3 Å². The van der Waals surface area contributed by atoms with Gasteiger partial charge in [-0.2, -0.15) is 0 Å². The Balaban J connectivity index is 0.000000490. The number of esters is 3. The molecule has 0 heterocycles. The Kier molecular flexibility index (Phi) is 33.4. The van der Waals surface area contributed by atoms with Gasteiger partial charge in [-0.1, -0.05) is 237 Å². The number of benzene rings is 4. The molecule has 0 aromatic heterocycles. The third-order valence-electron chi connectivity index (χ3n) is 14.2. The van der Waals surface area contributed by atoms with E-state index in [1.807, 2.05) is 78.9 Å². The minimum Gasteiger partial charge on any atom is -0.466 e. The van der Waals surface area contributed by atoms with Gasteiger partial charge < -0.3 is 29.4 Å². The molecule has 0 bridgehead atoms. The molecule has 0 saturated carbocycles. The van der Waals surface area contributed by atoms with E-state index < -0.39 is 52.4 Å². The van der Waals surface area contributed by atoms with Crippen molar-refractivity contribution in [3.05, 3.63) is 132 Å². The number of amides is 1. The van der Waals surface area contributed by atoms with Crippen LogP contribution in [0.1, 0.15) is 139 Å². The fourth-order valence-corrected chi connectivity index (χ4v) is 12.4. The fourth-order valence-electron chi connectivity index (χ4n) is 9.38. The highest BCUT2D eigenvalue weighted by Crippen LogP contribution is 2.44. The van der Waals surface area contributed by atoms with Gasteiger partial charge in [-0.15, -0.1) is 0 Å². The number of thioether (sulfide) groups is 2. The third-order valence-corrected chi connectivity index (χ3v) is 19.6. The molecule has 16 heteroatoms. The van der Waals surface area contributed by atoms with Crippen LogP contribution in [0.15, 0.2) is 115 Å². The summed E-state index contributed by atoms with van der Waals surface area (Å²) >= 11 is 2.67. The molecule has 0 saturated heterocycles. The molecule has 0 aliphatic heterocycles. The fraction of sp³-hybridized carbons (Fsp3) is 0.529. The monoisotopic (exact) mass is 1220 g/mol. The second-order valence-corrected chi connectivity index (χ2v) is 37.6. The molecule has 0 spiro atoms. The zero-order valence-electron chi connectivity index (χ0n) is 51.6. The van der Waals surface area contributed by atoms with Gasteiger partial charge in [0.15, 0.2) is 10.2 Å². The van der Waals surface area contributed by atoms with Crippen molar-refractivity contribution in [2.45, 2.75) is 199 Å².